The molecule has 1 aromatic heterocycles. The van der Waals surface area contributed by atoms with E-state index in [4.69, 9.17) is 21.1 Å². The molecular weight excluding hydrogens is 380 g/mol. The van der Waals surface area contributed by atoms with Gasteiger partial charge in [0.2, 0.25) is 6.79 Å². The summed E-state index contributed by atoms with van der Waals surface area (Å²) in [4.78, 5) is 5.92. The summed E-state index contributed by atoms with van der Waals surface area (Å²) in [6.45, 7) is 7.09. The Morgan fingerprint density at radius 2 is 2.04 bits per heavy atom. The molecule has 0 spiro atoms. The van der Waals surface area contributed by atoms with Crippen molar-refractivity contribution in [2.24, 2.45) is 16.3 Å². The van der Waals surface area contributed by atoms with Gasteiger partial charge in [-0.05, 0) is 42.2 Å². The predicted octanol–water partition coefficient (Wildman–Crippen LogP) is 5.90. The fourth-order valence-corrected chi connectivity index (χ4v) is 5.10. The molecule has 6 heteroatoms. The summed E-state index contributed by atoms with van der Waals surface area (Å²) in [6.07, 6.45) is 4.82. The quantitative estimate of drug-likeness (QED) is 0.589. The van der Waals surface area contributed by atoms with Crippen molar-refractivity contribution >= 4 is 34.2 Å². The van der Waals surface area contributed by atoms with Crippen molar-refractivity contribution in [1.29, 1.82) is 5.26 Å². The Hall–Kier alpha value is -2.03. The number of nitriles is 1. The van der Waals surface area contributed by atoms with Crippen LogP contribution in [-0.2, 0) is 12.8 Å². The van der Waals surface area contributed by atoms with E-state index in [1.165, 1.54) is 10.4 Å². The highest BCUT2D eigenvalue weighted by Gasteiger charge is 2.32. The number of benzene rings is 1. The molecular formula is C21H21ClN2O2S. The normalized spacial score (nSPS) is 18.6. The standard InChI is InChI=1S/C21H21ClN2O2S/c1-21(2,3)13-4-5-14-15(9-23)20(27-19(14)7-13)24-10-12-6-17-18(8-16(12)22)26-11-25-17/h6,8,10,13H,4-5,7,11H2,1-3H3/t13-/m0/s1. The molecule has 1 aliphatic carbocycles. The first-order chi connectivity index (χ1) is 12.9. The van der Waals surface area contributed by atoms with Crippen LogP contribution in [0.25, 0.3) is 0 Å². The molecule has 0 radical (unpaired) electrons. The fraction of sp³-hybridized carbons (Fsp3) is 0.429. The third-order valence-electron chi connectivity index (χ3n) is 5.40. The van der Waals surface area contributed by atoms with Crippen LogP contribution < -0.4 is 9.47 Å². The first kappa shape index (κ1) is 18.3. The van der Waals surface area contributed by atoms with Gasteiger partial charge in [-0.3, -0.25) is 0 Å². The van der Waals surface area contributed by atoms with Crippen LogP contribution >= 0.6 is 22.9 Å². The van der Waals surface area contributed by atoms with Crippen LogP contribution in [0.1, 0.15) is 48.8 Å². The summed E-state index contributed by atoms with van der Waals surface area (Å²) < 4.78 is 10.7. The molecule has 2 heterocycles. The van der Waals surface area contributed by atoms with E-state index >= 15 is 0 Å². The maximum atomic E-state index is 9.69. The number of halogens is 1. The number of fused-ring (bicyclic) bond motifs is 2. The molecule has 2 aliphatic rings. The van der Waals surface area contributed by atoms with Crippen molar-refractivity contribution in [3.63, 3.8) is 0 Å². The molecule has 0 N–H and O–H groups in total. The zero-order valence-corrected chi connectivity index (χ0v) is 17.2. The molecule has 140 valence electrons. The molecule has 27 heavy (non-hydrogen) atoms. The second-order valence-corrected chi connectivity index (χ2v) is 9.58. The van der Waals surface area contributed by atoms with Crippen LogP contribution in [-0.4, -0.2) is 13.0 Å². The minimum Gasteiger partial charge on any atom is -0.454 e. The van der Waals surface area contributed by atoms with Gasteiger partial charge in [0.15, 0.2) is 11.5 Å². The summed E-state index contributed by atoms with van der Waals surface area (Å²) in [7, 11) is 0. The molecule has 0 bridgehead atoms. The average Bonchev–Trinajstić information content (AvgIpc) is 3.21. The van der Waals surface area contributed by atoms with Crippen LogP contribution in [0.4, 0.5) is 5.00 Å². The van der Waals surface area contributed by atoms with Gasteiger partial charge in [0.05, 0.1) is 10.6 Å². The molecule has 4 rings (SSSR count). The van der Waals surface area contributed by atoms with Crippen molar-refractivity contribution in [3.8, 4) is 17.6 Å². The minimum atomic E-state index is 0.206. The lowest BCUT2D eigenvalue weighted by molar-refractivity contribution is 0.174. The minimum absolute atomic E-state index is 0.206. The molecule has 0 saturated heterocycles. The number of hydrogen-bond donors (Lipinski definition) is 0. The zero-order chi connectivity index (χ0) is 19.2. The van der Waals surface area contributed by atoms with Gasteiger partial charge in [0.25, 0.3) is 0 Å². The molecule has 1 atom stereocenters. The highest BCUT2D eigenvalue weighted by Crippen LogP contribution is 2.45. The summed E-state index contributed by atoms with van der Waals surface area (Å²) in [5, 5.41) is 11.0. The summed E-state index contributed by atoms with van der Waals surface area (Å²) in [5.41, 5.74) is 2.93. The lowest BCUT2D eigenvalue weighted by atomic mass is 9.72. The smallest absolute Gasteiger partial charge is 0.231 e. The van der Waals surface area contributed by atoms with E-state index in [-0.39, 0.29) is 12.2 Å². The number of aliphatic imine (C=N–C) groups is 1. The monoisotopic (exact) mass is 400 g/mol. The number of rotatable bonds is 2. The average molecular weight is 401 g/mol. The first-order valence-electron chi connectivity index (χ1n) is 9.04. The van der Waals surface area contributed by atoms with Gasteiger partial charge in [0, 0.05) is 22.7 Å². The van der Waals surface area contributed by atoms with E-state index in [1.807, 2.05) is 6.07 Å². The van der Waals surface area contributed by atoms with Crippen LogP contribution in [0.2, 0.25) is 5.02 Å². The van der Waals surface area contributed by atoms with Gasteiger partial charge >= 0.3 is 0 Å². The molecule has 0 amide bonds. The van der Waals surface area contributed by atoms with Crippen molar-refractivity contribution in [2.45, 2.75) is 40.0 Å². The van der Waals surface area contributed by atoms with E-state index < -0.39 is 0 Å². The van der Waals surface area contributed by atoms with Gasteiger partial charge in [-0.15, -0.1) is 11.3 Å². The zero-order valence-electron chi connectivity index (χ0n) is 15.6. The number of ether oxygens (including phenoxy) is 2. The summed E-state index contributed by atoms with van der Waals surface area (Å²) >= 11 is 7.97. The van der Waals surface area contributed by atoms with Crippen molar-refractivity contribution in [3.05, 3.63) is 38.7 Å². The Labute approximate surface area is 168 Å². The maximum Gasteiger partial charge on any atom is 0.231 e. The Morgan fingerprint density at radius 1 is 1.30 bits per heavy atom. The highest BCUT2D eigenvalue weighted by atomic mass is 35.5. The number of hydrogen-bond acceptors (Lipinski definition) is 5. The Bertz CT molecular complexity index is 966. The van der Waals surface area contributed by atoms with Gasteiger partial charge in [-0.25, -0.2) is 4.99 Å². The molecule has 0 fully saturated rings. The van der Waals surface area contributed by atoms with Gasteiger partial charge < -0.3 is 9.47 Å². The second kappa shape index (κ2) is 6.85. The van der Waals surface area contributed by atoms with Gasteiger partial charge in [0.1, 0.15) is 11.1 Å². The first-order valence-corrected chi connectivity index (χ1v) is 10.2. The second-order valence-electron chi connectivity index (χ2n) is 8.09. The number of nitrogens with zero attached hydrogens (tertiary/aromatic N) is 2. The topological polar surface area (TPSA) is 54.6 Å². The van der Waals surface area contributed by atoms with Crippen LogP contribution in [0, 0.1) is 22.7 Å². The van der Waals surface area contributed by atoms with Crippen molar-refractivity contribution < 1.29 is 9.47 Å². The summed E-state index contributed by atoms with van der Waals surface area (Å²) in [5.74, 6) is 1.95. The van der Waals surface area contributed by atoms with Crippen molar-refractivity contribution in [1.82, 2.24) is 0 Å². The SMILES string of the molecule is CC(C)(C)[C@H]1CCc2c(sc(N=Cc3cc4c(cc3Cl)OCO4)c2C#N)C1. The molecule has 1 aromatic carbocycles. The maximum absolute atomic E-state index is 9.69. The van der Waals surface area contributed by atoms with E-state index in [0.717, 1.165) is 35.4 Å². The van der Waals surface area contributed by atoms with E-state index in [0.29, 0.717) is 22.4 Å². The van der Waals surface area contributed by atoms with Crippen LogP contribution in [0.15, 0.2) is 17.1 Å². The van der Waals surface area contributed by atoms with E-state index in [1.54, 1.807) is 23.6 Å². The molecule has 1 aliphatic heterocycles. The largest absolute Gasteiger partial charge is 0.454 e. The fourth-order valence-electron chi connectivity index (χ4n) is 3.68. The molecule has 4 nitrogen and oxygen atoms in total. The highest BCUT2D eigenvalue weighted by molar-refractivity contribution is 7.16. The van der Waals surface area contributed by atoms with Gasteiger partial charge in [-0.1, -0.05) is 32.4 Å². The lowest BCUT2D eigenvalue weighted by Gasteiger charge is -2.33. The number of thiophene rings is 1. The lowest BCUT2D eigenvalue weighted by Crippen LogP contribution is -2.26. The third kappa shape index (κ3) is 3.44. The van der Waals surface area contributed by atoms with E-state index in [9.17, 15) is 5.26 Å². The Balaban J connectivity index is 1.65. The van der Waals surface area contributed by atoms with Crippen molar-refractivity contribution in [2.75, 3.05) is 6.79 Å². The van der Waals surface area contributed by atoms with Gasteiger partial charge in [-0.2, -0.15) is 5.26 Å². The Morgan fingerprint density at radius 3 is 2.74 bits per heavy atom. The predicted molar refractivity (Wildman–Crippen MR) is 109 cm³/mol. The molecule has 0 unspecified atom stereocenters. The van der Waals surface area contributed by atoms with E-state index in [2.05, 4.69) is 31.8 Å². The summed E-state index contributed by atoms with van der Waals surface area (Å²) in [6, 6.07) is 5.93. The van der Waals surface area contributed by atoms with Crippen LogP contribution in [0.5, 0.6) is 11.5 Å². The molecule has 0 saturated carbocycles. The van der Waals surface area contributed by atoms with Crippen LogP contribution in [0.3, 0.4) is 0 Å². The molecule has 2 aromatic rings. The third-order valence-corrected chi connectivity index (χ3v) is 6.89. The Kier molecular flexibility index (Phi) is 4.65.